The molecule has 0 radical (unpaired) electrons. The van der Waals surface area contributed by atoms with Gasteiger partial charge >= 0.3 is 5.97 Å². The Hall–Kier alpha value is -2.77. The Morgan fingerprint density at radius 1 is 0.914 bits per heavy atom. The van der Waals surface area contributed by atoms with Crippen molar-refractivity contribution in [1.82, 2.24) is 0 Å². The first-order valence-electron chi connectivity index (χ1n) is 12.1. The van der Waals surface area contributed by atoms with Crippen LogP contribution in [-0.2, 0) is 31.6 Å². The average molecular weight is 491 g/mol. The third-order valence-corrected chi connectivity index (χ3v) is 9.31. The summed E-state index contributed by atoms with van der Waals surface area (Å²) in [5, 5.41) is 26.1. The second-order valence-electron chi connectivity index (χ2n) is 10.1. The lowest BCUT2D eigenvalue weighted by Gasteiger charge is -2.48. The van der Waals surface area contributed by atoms with E-state index < -0.39 is 26.4 Å². The van der Waals surface area contributed by atoms with Crippen LogP contribution in [0.3, 0.4) is 0 Å². The van der Waals surface area contributed by atoms with E-state index >= 15 is 0 Å². The molecule has 0 aromatic heterocycles. The zero-order valence-electron chi connectivity index (χ0n) is 20.8. The minimum absolute atomic E-state index is 0.00682. The molecule has 4 rings (SSSR count). The number of hydrogen-bond donors (Lipinski definition) is 2. The third kappa shape index (κ3) is 4.59. The first-order valence-corrected chi connectivity index (χ1v) is 13.8. The van der Waals surface area contributed by atoms with Crippen LogP contribution in [-0.4, -0.2) is 37.4 Å². The van der Waals surface area contributed by atoms with Gasteiger partial charge in [0, 0.05) is 5.56 Å². The number of carbonyl (C=O) groups excluding carboxylic acids is 1. The fourth-order valence-corrected chi connectivity index (χ4v) is 7.44. The van der Waals surface area contributed by atoms with E-state index in [4.69, 9.17) is 9.16 Å². The summed E-state index contributed by atoms with van der Waals surface area (Å²) in [5.41, 5.74) is -0.0511. The van der Waals surface area contributed by atoms with Crippen LogP contribution in [0.4, 0.5) is 0 Å². The lowest BCUT2D eigenvalue weighted by Crippen LogP contribution is -2.65. The van der Waals surface area contributed by atoms with E-state index in [1.54, 1.807) is 13.0 Å². The molecule has 2 atom stereocenters. The molecule has 1 aliphatic rings. The number of esters is 1. The summed E-state index contributed by atoms with van der Waals surface area (Å²) in [5.74, 6) is -3.15. The molecule has 35 heavy (non-hydrogen) atoms. The van der Waals surface area contributed by atoms with Crippen molar-refractivity contribution in [2.45, 2.75) is 57.3 Å². The zero-order chi connectivity index (χ0) is 25.3. The molecule has 0 amide bonds. The summed E-state index contributed by atoms with van der Waals surface area (Å²) < 4.78 is 11.9. The van der Waals surface area contributed by atoms with Crippen molar-refractivity contribution < 1.29 is 24.2 Å². The van der Waals surface area contributed by atoms with Gasteiger partial charge in [-0.25, -0.2) is 4.79 Å². The molecule has 0 aliphatic heterocycles. The fraction of sp³-hybridized carbons (Fsp3) is 0.345. The van der Waals surface area contributed by atoms with Crippen molar-refractivity contribution in [3.8, 4) is 0 Å². The van der Waals surface area contributed by atoms with Crippen molar-refractivity contribution in [2.24, 2.45) is 0 Å². The molecule has 2 N–H and O–H groups in total. The molecule has 0 fully saturated rings. The van der Waals surface area contributed by atoms with Crippen molar-refractivity contribution in [1.29, 1.82) is 0 Å². The number of hydrogen-bond acceptors (Lipinski definition) is 5. The fourth-order valence-electron chi connectivity index (χ4n) is 4.98. The second-order valence-corrected chi connectivity index (χ2v) is 12.5. The molecule has 5 nitrogen and oxygen atoms in total. The van der Waals surface area contributed by atoms with E-state index in [9.17, 15) is 15.0 Å². The highest BCUT2D eigenvalue weighted by atomic mass is 28.3. The SMILES string of the molecule is CCOC(=O)[C@]1(O)CCc2c(C(C)(C)C)cccc2[C@@]1(O)O[SiH](c1ccccc1)c1ccccc1. The van der Waals surface area contributed by atoms with Gasteiger partial charge in [-0.3, -0.25) is 0 Å². The topological polar surface area (TPSA) is 76.0 Å². The number of benzene rings is 3. The molecular formula is C29H34O5Si. The molecule has 6 heteroatoms. The number of carbonyl (C=O) groups is 1. The van der Waals surface area contributed by atoms with Crippen LogP contribution >= 0.6 is 0 Å². The highest BCUT2D eigenvalue weighted by molar-refractivity contribution is 6.80. The maximum absolute atomic E-state index is 13.2. The molecule has 184 valence electrons. The molecular weight excluding hydrogens is 456 g/mol. The molecule has 3 aromatic rings. The molecule has 0 heterocycles. The monoisotopic (exact) mass is 490 g/mol. The van der Waals surface area contributed by atoms with Crippen LogP contribution in [0.15, 0.2) is 78.9 Å². The smallest absolute Gasteiger partial charge is 0.344 e. The molecule has 0 bridgehead atoms. The molecule has 0 saturated heterocycles. The van der Waals surface area contributed by atoms with Crippen LogP contribution in [0.25, 0.3) is 0 Å². The van der Waals surface area contributed by atoms with E-state index in [0.717, 1.165) is 21.5 Å². The van der Waals surface area contributed by atoms with E-state index in [1.807, 2.05) is 72.8 Å². The minimum atomic E-state index is -2.57. The lowest BCUT2D eigenvalue weighted by atomic mass is 9.70. The normalized spacial score (nSPS) is 22.0. The van der Waals surface area contributed by atoms with Gasteiger partial charge in [-0.1, -0.05) is 99.6 Å². The second kappa shape index (κ2) is 9.70. The van der Waals surface area contributed by atoms with Crippen LogP contribution in [0, 0.1) is 0 Å². The Bertz CT molecular complexity index is 1140. The number of fused-ring (bicyclic) bond motifs is 1. The van der Waals surface area contributed by atoms with Gasteiger partial charge in [0.1, 0.15) is 0 Å². The Morgan fingerprint density at radius 3 is 2.00 bits per heavy atom. The van der Waals surface area contributed by atoms with Crippen molar-refractivity contribution in [3.63, 3.8) is 0 Å². The average Bonchev–Trinajstić information content (AvgIpc) is 2.85. The summed E-state index contributed by atoms with van der Waals surface area (Å²) in [6, 6.07) is 25.1. The van der Waals surface area contributed by atoms with Gasteiger partial charge < -0.3 is 19.4 Å². The maximum Gasteiger partial charge on any atom is 0.344 e. The van der Waals surface area contributed by atoms with Gasteiger partial charge in [0.15, 0.2) is 0 Å². The molecule has 0 spiro atoms. The first kappa shape index (κ1) is 25.3. The molecule has 1 aliphatic carbocycles. The van der Waals surface area contributed by atoms with E-state index in [2.05, 4.69) is 20.8 Å². The van der Waals surface area contributed by atoms with Gasteiger partial charge in [0.2, 0.25) is 20.4 Å². The zero-order valence-corrected chi connectivity index (χ0v) is 22.0. The number of ether oxygens (including phenoxy) is 1. The summed E-state index contributed by atoms with van der Waals surface area (Å²) in [7, 11) is -2.57. The molecule has 0 unspecified atom stereocenters. The van der Waals surface area contributed by atoms with Crippen LogP contribution < -0.4 is 10.4 Å². The van der Waals surface area contributed by atoms with Gasteiger partial charge in [0.25, 0.3) is 0 Å². The van der Waals surface area contributed by atoms with Crippen molar-refractivity contribution in [2.75, 3.05) is 6.61 Å². The van der Waals surface area contributed by atoms with Crippen molar-refractivity contribution >= 4 is 25.4 Å². The van der Waals surface area contributed by atoms with Crippen molar-refractivity contribution in [3.05, 3.63) is 95.6 Å². The highest BCUT2D eigenvalue weighted by Gasteiger charge is 2.62. The van der Waals surface area contributed by atoms with Gasteiger partial charge in [0.05, 0.1) is 6.61 Å². The Morgan fingerprint density at radius 2 is 1.49 bits per heavy atom. The van der Waals surface area contributed by atoms with Crippen LogP contribution in [0.5, 0.6) is 0 Å². The van der Waals surface area contributed by atoms with Gasteiger partial charge in [-0.15, -0.1) is 0 Å². The first-order chi connectivity index (χ1) is 16.6. The van der Waals surface area contributed by atoms with Crippen LogP contribution in [0.2, 0.25) is 0 Å². The largest absolute Gasteiger partial charge is 0.464 e. The van der Waals surface area contributed by atoms with E-state index in [0.29, 0.717) is 12.0 Å². The predicted octanol–water partition coefficient (Wildman–Crippen LogP) is 2.92. The summed E-state index contributed by atoms with van der Waals surface area (Å²) in [4.78, 5) is 13.2. The molecule has 0 saturated carbocycles. The highest BCUT2D eigenvalue weighted by Crippen LogP contribution is 2.47. The summed E-state index contributed by atoms with van der Waals surface area (Å²) in [6.45, 7) is 8.10. The summed E-state index contributed by atoms with van der Waals surface area (Å²) >= 11 is 0. The van der Waals surface area contributed by atoms with E-state index in [-0.39, 0.29) is 18.4 Å². The maximum atomic E-state index is 13.2. The Kier molecular flexibility index (Phi) is 7.02. The standard InChI is InChI=1S/C29H34O5Si/c1-5-33-26(30)28(31)20-19-23-24(27(2,3)4)17-12-18-25(23)29(28,32)34-35(21-13-8-6-9-14-21)22-15-10-7-11-16-22/h6-18,31-32,35H,5,19-20H2,1-4H3/t28-,29-/m1/s1. The lowest BCUT2D eigenvalue weighted by molar-refractivity contribution is -0.276. The minimum Gasteiger partial charge on any atom is -0.464 e. The van der Waals surface area contributed by atoms with Gasteiger partial charge in [-0.2, -0.15) is 0 Å². The van der Waals surface area contributed by atoms with Gasteiger partial charge in [-0.05, 0) is 46.7 Å². The number of rotatable bonds is 6. The Labute approximate surface area is 209 Å². The third-order valence-electron chi connectivity index (χ3n) is 6.75. The summed E-state index contributed by atoms with van der Waals surface area (Å²) in [6.07, 6.45) is 0.416. The quantitative estimate of drug-likeness (QED) is 0.316. The van der Waals surface area contributed by atoms with Crippen LogP contribution in [0.1, 0.15) is 50.8 Å². The van der Waals surface area contributed by atoms with E-state index in [1.165, 1.54) is 0 Å². The molecule has 3 aromatic carbocycles. The Balaban J connectivity index is 1.94. The predicted molar refractivity (Wildman–Crippen MR) is 139 cm³/mol. The number of aliphatic hydroxyl groups is 2.